The number of rotatable bonds is 5. The van der Waals surface area contributed by atoms with Crippen LogP contribution in [-0.4, -0.2) is 70.6 Å². The molecule has 7 atom stereocenters. The Balaban J connectivity index is 1.17. The maximum atomic E-state index is 14.5. The van der Waals surface area contributed by atoms with Gasteiger partial charge in [-0.15, -0.1) is 0 Å². The van der Waals surface area contributed by atoms with E-state index in [-0.39, 0.29) is 12.1 Å². The molecule has 0 bridgehead atoms. The van der Waals surface area contributed by atoms with Gasteiger partial charge in [0.15, 0.2) is 0 Å². The lowest BCUT2D eigenvalue weighted by Crippen LogP contribution is -2.54. The van der Waals surface area contributed by atoms with E-state index in [1.54, 1.807) is 0 Å². The molecule has 4 aliphatic heterocycles. The third kappa shape index (κ3) is 4.18. The van der Waals surface area contributed by atoms with Crippen molar-refractivity contribution in [1.82, 2.24) is 14.9 Å². The standard InChI is InChI=1S/C33H41FN6O3/c1-19-5-7-33(29-23(19)3-4-26(36)24(29)13-35)12-27-25(17-43-33)30(40-14-21-9-20(16-41)10-28(21)40)38-31(37-27)42-18-32-6-2-8-39(32)15-22(34)11-32/h3-4,19-22,28,41H,2,5-12,14-18,36H2,1H3. The first-order valence-corrected chi connectivity index (χ1v) is 16.1. The number of aliphatic hydroxyl groups excluding tert-OH is 1. The van der Waals surface area contributed by atoms with Gasteiger partial charge < -0.3 is 25.2 Å². The van der Waals surface area contributed by atoms with Crippen molar-refractivity contribution in [3.63, 3.8) is 0 Å². The quantitative estimate of drug-likeness (QED) is 0.500. The van der Waals surface area contributed by atoms with E-state index in [2.05, 4.69) is 28.9 Å². The summed E-state index contributed by atoms with van der Waals surface area (Å²) >= 11 is 0. The zero-order valence-corrected chi connectivity index (χ0v) is 24.9. The van der Waals surface area contributed by atoms with Crippen LogP contribution in [0.1, 0.15) is 85.7 Å². The SMILES string of the molecule is CC1CCC2(Cc3nc(OCC45CCCN4CC(F)C5)nc(N4CC5CC(CO)CC54)c3CO2)c2c1ccc(N)c2C#N. The van der Waals surface area contributed by atoms with E-state index in [1.807, 2.05) is 6.07 Å². The van der Waals surface area contributed by atoms with Gasteiger partial charge in [0.1, 0.15) is 30.3 Å². The molecule has 1 spiro atoms. The second-order valence-corrected chi connectivity index (χ2v) is 14.1. The largest absolute Gasteiger partial charge is 0.461 e. The minimum Gasteiger partial charge on any atom is -0.461 e. The molecule has 0 amide bonds. The Hall–Kier alpha value is -3.00. The summed E-state index contributed by atoms with van der Waals surface area (Å²) in [5.74, 6) is 2.05. The molecular formula is C33H41FN6O3. The third-order valence-corrected chi connectivity index (χ3v) is 11.7. The Bertz CT molecular complexity index is 1500. The van der Waals surface area contributed by atoms with Crippen LogP contribution < -0.4 is 15.4 Å². The molecule has 10 heteroatoms. The van der Waals surface area contributed by atoms with Gasteiger partial charge in [0.25, 0.3) is 0 Å². The summed E-state index contributed by atoms with van der Waals surface area (Å²) < 4.78 is 27.8. The number of hydrogen-bond acceptors (Lipinski definition) is 9. The highest BCUT2D eigenvalue weighted by atomic mass is 19.1. The van der Waals surface area contributed by atoms with Crippen molar-refractivity contribution in [2.75, 3.05) is 43.5 Å². The lowest BCUT2D eigenvalue weighted by atomic mass is 9.69. The molecule has 1 aromatic carbocycles. The van der Waals surface area contributed by atoms with Crippen molar-refractivity contribution in [2.45, 2.75) is 94.2 Å². The van der Waals surface area contributed by atoms with Crippen LogP contribution in [0.5, 0.6) is 6.01 Å². The van der Waals surface area contributed by atoms with Crippen molar-refractivity contribution >= 4 is 11.5 Å². The Kier molecular flexibility index (Phi) is 6.41. The number of anilines is 2. The fourth-order valence-corrected chi connectivity index (χ4v) is 9.41. The van der Waals surface area contributed by atoms with E-state index in [1.165, 1.54) is 0 Å². The van der Waals surface area contributed by atoms with Crippen LogP contribution in [0.3, 0.4) is 0 Å². The molecule has 2 aliphatic carbocycles. The van der Waals surface area contributed by atoms with Crippen LogP contribution in [0.25, 0.3) is 0 Å². The minimum absolute atomic E-state index is 0.221. The Morgan fingerprint density at radius 2 is 2.14 bits per heavy atom. The second kappa shape index (κ2) is 10.0. The lowest BCUT2D eigenvalue weighted by molar-refractivity contribution is -0.0874. The van der Waals surface area contributed by atoms with Gasteiger partial charge >= 0.3 is 6.01 Å². The molecule has 6 aliphatic rings. The first-order chi connectivity index (χ1) is 20.8. The van der Waals surface area contributed by atoms with Crippen molar-refractivity contribution in [1.29, 1.82) is 5.26 Å². The van der Waals surface area contributed by atoms with Crippen LogP contribution in [0.4, 0.5) is 15.9 Å². The normalized spacial score (nSPS) is 36.0. The highest BCUT2D eigenvalue weighted by molar-refractivity contribution is 5.64. The van der Waals surface area contributed by atoms with Crippen LogP contribution in [0.15, 0.2) is 12.1 Å². The van der Waals surface area contributed by atoms with E-state index in [9.17, 15) is 14.8 Å². The van der Waals surface area contributed by atoms with Gasteiger partial charge in [0.2, 0.25) is 0 Å². The van der Waals surface area contributed by atoms with E-state index in [0.29, 0.717) is 73.7 Å². The fraction of sp³-hybridized carbons (Fsp3) is 0.667. The zero-order chi connectivity index (χ0) is 29.5. The second-order valence-electron chi connectivity index (χ2n) is 14.1. The summed E-state index contributed by atoms with van der Waals surface area (Å²) in [7, 11) is 0. The van der Waals surface area contributed by atoms with Crippen LogP contribution in [-0.2, 0) is 23.4 Å². The van der Waals surface area contributed by atoms with E-state index < -0.39 is 11.8 Å². The fourth-order valence-electron chi connectivity index (χ4n) is 9.41. The Labute approximate surface area is 252 Å². The molecule has 7 unspecified atom stereocenters. The molecule has 9 nitrogen and oxygen atoms in total. The summed E-state index contributed by atoms with van der Waals surface area (Å²) in [5.41, 5.74) is 10.3. The summed E-state index contributed by atoms with van der Waals surface area (Å²) in [6, 6.07) is 6.96. The lowest BCUT2D eigenvalue weighted by Gasteiger charge is -2.48. The van der Waals surface area contributed by atoms with Gasteiger partial charge in [-0.25, -0.2) is 4.39 Å². The predicted octanol–water partition coefficient (Wildman–Crippen LogP) is 3.96. The smallest absolute Gasteiger partial charge is 0.318 e. The number of ether oxygens (including phenoxy) is 2. The Morgan fingerprint density at radius 1 is 1.26 bits per heavy atom. The first-order valence-electron chi connectivity index (χ1n) is 16.1. The summed E-state index contributed by atoms with van der Waals surface area (Å²) in [6.07, 6.45) is 5.87. The molecule has 8 rings (SSSR count). The maximum Gasteiger partial charge on any atom is 0.318 e. The summed E-state index contributed by atoms with van der Waals surface area (Å²) in [4.78, 5) is 14.7. The molecule has 1 saturated carbocycles. The molecule has 4 fully saturated rings. The van der Waals surface area contributed by atoms with Gasteiger partial charge in [-0.3, -0.25) is 4.90 Å². The topological polar surface area (TPSA) is 121 Å². The molecule has 1 aromatic heterocycles. The molecule has 43 heavy (non-hydrogen) atoms. The van der Waals surface area contributed by atoms with Crippen LogP contribution in [0.2, 0.25) is 0 Å². The van der Waals surface area contributed by atoms with Gasteiger partial charge in [-0.05, 0) is 74.5 Å². The van der Waals surface area contributed by atoms with E-state index >= 15 is 0 Å². The number of alkyl halides is 1. The molecule has 2 aromatic rings. The number of aromatic nitrogens is 2. The highest BCUT2D eigenvalue weighted by Gasteiger charge is 2.52. The van der Waals surface area contributed by atoms with Crippen LogP contribution in [0, 0.1) is 23.2 Å². The average Bonchev–Trinajstić information content (AvgIpc) is 3.63. The summed E-state index contributed by atoms with van der Waals surface area (Å²) in [6.45, 7) is 5.42. The molecule has 228 valence electrons. The van der Waals surface area contributed by atoms with Crippen molar-refractivity contribution in [3.8, 4) is 12.1 Å². The number of benzene rings is 1. The number of fused-ring (bicyclic) bond motifs is 5. The maximum absolute atomic E-state index is 14.5. The minimum atomic E-state index is -0.823. The number of hydrogen-bond donors (Lipinski definition) is 2. The average molecular weight is 589 g/mol. The van der Waals surface area contributed by atoms with Gasteiger partial charge in [0, 0.05) is 55.4 Å². The number of nitrogens with zero attached hydrogens (tertiary/aromatic N) is 5. The number of aliphatic hydroxyl groups is 1. The van der Waals surface area contributed by atoms with Crippen LogP contribution >= 0.6 is 0 Å². The van der Waals surface area contributed by atoms with E-state index in [4.69, 9.17) is 25.2 Å². The van der Waals surface area contributed by atoms with Gasteiger partial charge in [0.05, 0.1) is 23.4 Å². The third-order valence-electron chi connectivity index (χ3n) is 11.7. The number of nitriles is 1. The Morgan fingerprint density at radius 3 is 2.98 bits per heavy atom. The molecule has 5 heterocycles. The molecule has 3 saturated heterocycles. The molecular weight excluding hydrogens is 547 g/mol. The molecule has 3 N–H and O–H groups in total. The highest BCUT2D eigenvalue weighted by Crippen LogP contribution is 2.52. The van der Waals surface area contributed by atoms with E-state index in [0.717, 1.165) is 79.8 Å². The predicted molar refractivity (Wildman–Crippen MR) is 158 cm³/mol. The number of nitrogens with two attached hydrogens (primary N) is 1. The van der Waals surface area contributed by atoms with Crippen molar-refractivity contribution < 1.29 is 19.0 Å². The van der Waals surface area contributed by atoms with Gasteiger partial charge in [-0.2, -0.15) is 15.2 Å². The zero-order valence-electron chi connectivity index (χ0n) is 24.9. The monoisotopic (exact) mass is 588 g/mol. The molecule has 0 radical (unpaired) electrons. The van der Waals surface area contributed by atoms with Gasteiger partial charge in [-0.1, -0.05) is 13.0 Å². The number of halogens is 1. The number of nitrogen functional groups attached to an aromatic ring is 1. The summed E-state index contributed by atoms with van der Waals surface area (Å²) in [5, 5.41) is 20.0. The van der Waals surface area contributed by atoms with Crippen molar-refractivity contribution in [3.05, 3.63) is 40.1 Å². The van der Waals surface area contributed by atoms with Crippen molar-refractivity contribution in [2.24, 2.45) is 11.8 Å². The first kappa shape index (κ1) is 27.5.